The second-order valence-electron chi connectivity index (χ2n) is 5.25. The predicted molar refractivity (Wildman–Crippen MR) is 83.2 cm³/mol. The van der Waals surface area contributed by atoms with E-state index in [1.165, 1.54) is 6.07 Å². The number of aliphatic imine (C=N–C) groups is 1. The van der Waals surface area contributed by atoms with Crippen LogP contribution in [0, 0.1) is 5.82 Å². The van der Waals surface area contributed by atoms with Gasteiger partial charge in [-0.05, 0) is 23.3 Å². The lowest BCUT2D eigenvalue weighted by molar-refractivity contribution is -0.0522. The number of benzene rings is 2. The zero-order chi connectivity index (χ0) is 17.3. The number of nitrogens with two attached hydrogens (primary N) is 1. The number of rotatable bonds is 4. The van der Waals surface area contributed by atoms with Gasteiger partial charge in [0.05, 0.1) is 0 Å². The Morgan fingerprint density at radius 1 is 1.21 bits per heavy atom. The van der Waals surface area contributed by atoms with Crippen LogP contribution < -0.4 is 15.9 Å². The van der Waals surface area contributed by atoms with Crippen molar-refractivity contribution in [1.29, 1.82) is 0 Å². The molecule has 1 heterocycles. The molecule has 24 heavy (non-hydrogen) atoms. The zero-order valence-corrected chi connectivity index (χ0v) is 12.4. The molecule has 2 radical (unpaired) electrons. The molecule has 4 nitrogen and oxygen atoms in total. The monoisotopic (exact) mass is 332 g/mol. The molecule has 0 fully saturated rings. The molecule has 1 atom stereocenters. The molecule has 0 spiro atoms. The van der Waals surface area contributed by atoms with Gasteiger partial charge < -0.3 is 15.2 Å². The minimum Gasteiger partial charge on any atom is -0.462 e. The van der Waals surface area contributed by atoms with E-state index in [4.69, 9.17) is 18.3 Å². The van der Waals surface area contributed by atoms with Gasteiger partial charge in [0.1, 0.15) is 14.5 Å². The van der Waals surface area contributed by atoms with Crippen LogP contribution in [0.1, 0.15) is 11.1 Å². The molecule has 8 heteroatoms. The van der Waals surface area contributed by atoms with E-state index >= 15 is 0 Å². The van der Waals surface area contributed by atoms with Crippen molar-refractivity contribution < 1.29 is 22.6 Å². The summed E-state index contributed by atoms with van der Waals surface area (Å²) in [6, 6.07) is 10.4. The van der Waals surface area contributed by atoms with Crippen molar-refractivity contribution in [3.8, 4) is 5.75 Å². The Bertz CT molecular complexity index is 801. The highest BCUT2D eigenvalue weighted by molar-refractivity contribution is 6.32. The first-order valence-electron chi connectivity index (χ1n) is 7.00. The average Bonchev–Trinajstić information content (AvgIpc) is 2.92. The summed E-state index contributed by atoms with van der Waals surface area (Å²) in [4.78, 5) is 4.29. The fourth-order valence-electron chi connectivity index (χ4n) is 2.64. The van der Waals surface area contributed by atoms with Crippen molar-refractivity contribution in [3.05, 3.63) is 59.4 Å². The first-order chi connectivity index (χ1) is 11.4. The molecule has 2 aromatic carbocycles. The highest BCUT2D eigenvalue weighted by Crippen LogP contribution is 2.38. The summed E-state index contributed by atoms with van der Waals surface area (Å²) in [5, 5.41) is 0. The highest BCUT2D eigenvalue weighted by Gasteiger charge is 2.40. The molecule has 122 valence electrons. The molecule has 1 aliphatic heterocycles. The summed E-state index contributed by atoms with van der Waals surface area (Å²) in [5.41, 5.74) is 6.05. The smallest absolute Gasteiger partial charge is 0.387 e. The lowest BCUT2D eigenvalue weighted by Gasteiger charge is -2.26. The minimum atomic E-state index is -3.11. The topological polar surface area (TPSA) is 56.8 Å². The SMILES string of the molecule is [B]c1cccc(C2(c3ccc(OC(F)F)c(F)c3)COC(N)=N2)c1. The first kappa shape index (κ1) is 16.2. The van der Waals surface area contributed by atoms with Crippen molar-refractivity contribution in [1.82, 2.24) is 0 Å². The molecule has 3 rings (SSSR count). The molecule has 0 aromatic heterocycles. The van der Waals surface area contributed by atoms with Gasteiger partial charge in [0.2, 0.25) is 0 Å². The molecular formula is C16H12BF3N2O2. The van der Waals surface area contributed by atoms with Crippen molar-refractivity contribution in [3.63, 3.8) is 0 Å². The van der Waals surface area contributed by atoms with E-state index in [0.29, 0.717) is 16.6 Å². The van der Waals surface area contributed by atoms with Gasteiger partial charge in [-0.15, -0.1) is 0 Å². The van der Waals surface area contributed by atoms with Gasteiger partial charge in [0.25, 0.3) is 6.02 Å². The third kappa shape index (κ3) is 2.91. The van der Waals surface area contributed by atoms with E-state index < -0.39 is 23.7 Å². The molecule has 0 amide bonds. The maximum absolute atomic E-state index is 14.1. The van der Waals surface area contributed by atoms with Crippen LogP contribution in [0.15, 0.2) is 47.5 Å². The Hall–Kier alpha value is -2.64. The van der Waals surface area contributed by atoms with Gasteiger partial charge in [0, 0.05) is 0 Å². The van der Waals surface area contributed by atoms with Gasteiger partial charge in [0.15, 0.2) is 17.1 Å². The van der Waals surface area contributed by atoms with E-state index in [0.717, 1.165) is 12.1 Å². The second kappa shape index (κ2) is 6.11. The Morgan fingerprint density at radius 3 is 2.54 bits per heavy atom. The predicted octanol–water partition coefficient (Wildman–Crippen LogP) is 1.81. The van der Waals surface area contributed by atoms with Crippen LogP contribution in [0.25, 0.3) is 0 Å². The fourth-order valence-corrected chi connectivity index (χ4v) is 2.64. The Morgan fingerprint density at radius 2 is 1.96 bits per heavy atom. The summed E-state index contributed by atoms with van der Waals surface area (Å²) in [6.45, 7) is -3.08. The molecular weight excluding hydrogens is 320 g/mol. The molecule has 1 aliphatic rings. The molecule has 2 aromatic rings. The molecule has 0 saturated carbocycles. The fraction of sp³-hybridized carbons (Fsp3) is 0.188. The third-order valence-corrected chi connectivity index (χ3v) is 3.72. The summed E-state index contributed by atoms with van der Waals surface area (Å²) in [5.74, 6) is -1.48. The average molecular weight is 332 g/mol. The molecule has 0 saturated heterocycles. The third-order valence-electron chi connectivity index (χ3n) is 3.72. The summed E-state index contributed by atoms with van der Waals surface area (Å²) in [6.07, 6.45) is 0. The first-order valence-corrected chi connectivity index (χ1v) is 7.00. The molecule has 0 aliphatic carbocycles. The number of amidine groups is 1. The van der Waals surface area contributed by atoms with E-state index in [-0.39, 0.29) is 12.6 Å². The van der Waals surface area contributed by atoms with Crippen LogP contribution in [-0.2, 0) is 10.3 Å². The Labute approximate surface area is 137 Å². The van der Waals surface area contributed by atoms with Crippen LogP contribution in [0.4, 0.5) is 13.2 Å². The van der Waals surface area contributed by atoms with E-state index in [9.17, 15) is 13.2 Å². The molecule has 0 bridgehead atoms. The maximum atomic E-state index is 14.1. The molecule has 2 N–H and O–H groups in total. The standard InChI is InChI=1S/C16H12BF3N2O2/c17-11-3-1-2-9(6-11)16(8-23-15(21)22-16)10-4-5-13(12(18)7-10)24-14(19)20/h1-7,14H,8H2,(H2,21,22). The van der Waals surface area contributed by atoms with E-state index in [2.05, 4.69) is 9.73 Å². The van der Waals surface area contributed by atoms with E-state index in [1.54, 1.807) is 24.3 Å². The van der Waals surface area contributed by atoms with Gasteiger partial charge in [-0.25, -0.2) is 9.38 Å². The van der Waals surface area contributed by atoms with Crippen molar-refractivity contribution >= 4 is 19.3 Å². The van der Waals surface area contributed by atoms with Gasteiger partial charge >= 0.3 is 6.61 Å². The minimum absolute atomic E-state index is 0.0385. The van der Waals surface area contributed by atoms with Crippen LogP contribution in [0.3, 0.4) is 0 Å². The quantitative estimate of drug-likeness (QED) is 0.869. The number of halogens is 3. The lowest BCUT2D eigenvalue weighted by atomic mass is 9.81. The maximum Gasteiger partial charge on any atom is 0.387 e. The lowest BCUT2D eigenvalue weighted by Crippen LogP contribution is -2.28. The Kier molecular flexibility index (Phi) is 4.13. The zero-order valence-electron chi connectivity index (χ0n) is 12.4. The van der Waals surface area contributed by atoms with Gasteiger partial charge in [-0.2, -0.15) is 8.78 Å². The van der Waals surface area contributed by atoms with Gasteiger partial charge in [-0.1, -0.05) is 35.8 Å². The number of ether oxygens (including phenoxy) is 2. The van der Waals surface area contributed by atoms with Crippen LogP contribution in [0.2, 0.25) is 0 Å². The van der Waals surface area contributed by atoms with Crippen molar-refractivity contribution in [2.45, 2.75) is 12.2 Å². The largest absolute Gasteiger partial charge is 0.462 e. The summed E-state index contributed by atoms with van der Waals surface area (Å²) >= 11 is 0. The van der Waals surface area contributed by atoms with Gasteiger partial charge in [-0.3, -0.25) is 0 Å². The number of hydrogen-bond donors (Lipinski definition) is 1. The summed E-state index contributed by atoms with van der Waals surface area (Å²) < 4.78 is 48.1. The molecule has 1 unspecified atom stereocenters. The van der Waals surface area contributed by atoms with Crippen LogP contribution in [-0.4, -0.2) is 27.1 Å². The highest BCUT2D eigenvalue weighted by atomic mass is 19.3. The van der Waals surface area contributed by atoms with Crippen molar-refractivity contribution in [2.24, 2.45) is 10.7 Å². The normalized spacial score (nSPS) is 19.9. The second-order valence-corrected chi connectivity index (χ2v) is 5.25. The number of nitrogens with zero attached hydrogens (tertiary/aromatic N) is 1. The van der Waals surface area contributed by atoms with Crippen molar-refractivity contribution in [2.75, 3.05) is 6.61 Å². The van der Waals surface area contributed by atoms with Crippen LogP contribution >= 0.6 is 0 Å². The number of alkyl halides is 2. The van der Waals surface area contributed by atoms with E-state index in [1.807, 2.05) is 0 Å². The summed E-state index contributed by atoms with van der Waals surface area (Å²) in [7, 11) is 5.81. The van der Waals surface area contributed by atoms with Crippen LogP contribution in [0.5, 0.6) is 5.75 Å². The number of hydrogen-bond acceptors (Lipinski definition) is 4. The Balaban J connectivity index is 2.10.